The zero-order valence-electron chi connectivity index (χ0n) is 11.9. The Balaban J connectivity index is 1.75. The normalized spacial score (nSPS) is 11.9. The van der Waals surface area contributed by atoms with Gasteiger partial charge in [-0.2, -0.15) is 0 Å². The van der Waals surface area contributed by atoms with E-state index in [-0.39, 0.29) is 11.9 Å². The number of amides is 1. The van der Waals surface area contributed by atoms with Gasteiger partial charge in [0.15, 0.2) is 0 Å². The molecule has 2 aromatic rings. The van der Waals surface area contributed by atoms with E-state index in [4.69, 9.17) is 0 Å². The van der Waals surface area contributed by atoms with Crippen molar-refractivity contribution in [3.05, 3.63) is 70.2 Å². The molecule has 4 heteroatoms. The molecule has 2 aromatic carbocycles. The average molecular weight is 364 g/mol. The Kier molecular flexibility index (Phi) is 6.33. The van der Waals surface area contributed by atoms with Crippen molar-refractivity contribution in [3.8, 4) is 0 Å². The van der Waals surface area contributed by atoms with Crippen LogP contribution < -0.4 is 5.32 Å². The third-order valence-corrected chi connectivity index (χ3v) is 4.62. The SMILES string of the molecule is C[C@H](NC(=O)CSCc1ccccc1)c1ccc(Br)cc1. The minimum absolute atomic E-state index is 0.0305. The fraction of sp³-hybridized carbons (Fsp3) is 0.235. The van der Waals surface area contributed by atoms with E-state index in [0.717, 1.165) is 15.8 Å². The molecule has 1 atom stereocenters. The van der Waals surface area contributed by atoms with Gasteiger partial charge in [-0.25, -0.2) is 0 Å². The molecule has 21 heavy (non-hydrogen) atoms. The standard InChI is InChI=1S/C17H18BrNOS/c1-13(15-7-9-16(18)10-8-15)19-17(20)12-21-11-14-5-3-2-4-6-14/h2-10,13H,11-12H2,1H3,(H,19,20)/t13-/m0/s1. The summed E-state index contributed by atoms with van der Waals surface area (Å²) in [5, 5.41) is 3.03. The Morgan fingerprint density at radius 3 is 2.48 bits per heavy atom. The molecule has 2 rings (SSSR count). The predicted molar refractivity (Wildman–Crippen MR) is 93.3 cm³/mol. The number of thioether (sulfide) groups is 1. The van der Waals surface area contributed by atoms with Crippen LogP contribution in [0, 0.1) is 0 Å². The van der Waals surface area contributed by atoms with Crippen molar-refractivity contribution < 1.29 is 4.79 Å². The minimum atomic E-state index is 0.0305. The highest BCUT2D eigenvalue weighted by atomic mass is 79.9. The zero-order valence-corrected chi connectivity index (χ0v) is 14.3. The van der Waals surface area contributed by atoms with Gasteiger partial charge < -0.3 is 5.32 Å². The molecule has 0 unspecified atom stereocenters. The van der Waals surface area contributed by atoms with Gasteiger partial charge in [0.25, 0.3) is 0 Å². The summed E-state index contributed by atoms with van der Waals surface area (Å²) in [6.45, 7) is 2.00. The van der Waals surface area contributed by atoms with E-state index in [9.17, 15) is 4.79 Å². The van der Waals surface area contributed by atoms with Crippen molar-refractivity contribution in [2.45, 2.75) is 18.7 Å². The minimum Gasteiger partial charge on any atom is -0.349 e. The van der Waals surface area contributed by atoms with Crippen LogP contribution in [0.15, 0.2) is 59.1 Å². The molecule has 2 nitrogen and oxygen atoms in total. The maximum atomic E-state index is 11.9. The molecule has 0 heterocycles. The van der Waals surface area contributed by atoms with Gasteiger partial charge >= 0.3 is 0 Å². The first-order valence-electron chi connectivity index (χ1n) is 6.81. The van der Waals surface area contributed by atoms with E-state index < -0.39 is 0 Å². The van der Waals surface area contributed by atoms with Crippen molar-refractivity contribution in [2.75, 3.05) is 5.75 Å². The third-order valence-electron chi connectivity index (χ3n) is 3.09. The van der Waals surface area contributed by atoms with Gasteiger partial charge in [-0.05, 0) is 30.2 Å². The van der Waals surface area contributed by atoms with E-state index in [0.29, 0.717) is 5.75 Å². The Morgan fingerprint density at radius 2 is 1.81 bits per heavy atom. The summed E-state index contributed by atoms with van der Waals surface area (Å²) in [7, 11) is 0. The van der Waals surface area contributed by atoms with Gasteiger partial charge in [-0.1, -0.05) is 58.4 Å². The maximum absolute atomic E-state index is 11.9. The van der Waals surface area contributed by atoms with Gasteiger partial charge in [-0.3, -0.25) is 4.79 Å². The number of nitrogens with one attached hydrogen (secondary N) is 1. The summed E-state index contributed by atoms with van der Waals surface area (Å²) in [5.41, 5.74) is 2.36. The highest BCUT2D eigenvalue weighted by Gasteiger charge is 2.09. The van der Waals surface area contributed by atoms with Gasteiger partial charge in [0.2, 0.25) is 5.91 Å². The van der Waals surface area contributed by atoms with Crippen LogP contribution in [0.4, 0.5) is 0 Å². The second-order valence-electron chi connectivity index (χ2n) is 4.82. The van der Waals surface area contributed by atoms with E-state index in [1.54, 1.807) is 11.8 Å². The molecule has 110 valence electrons. The fourth-order valence-electron chi connectivity index (χ4n) is 1.95. The number of carbonyl (C=O) groups excluding carboxylic acids is 1. The maximum Gasteiger partial charge on any atom is 0.230 e. The number of carbonyl (C=O) groups is 1. The first kappa shape index (κ1) is 16.1. The molecule has 0 aromatic heterocycles. The van der Waals surface area contributed by atoms with Crippen molar-refractivity contribution in [2.24, 2.45) is 0 Å². The number of hydrogen-bond acceptors (Lipinski definition) is 2. The number of rotatable bonds is 6. The molecular formula is C17H18BrNOS. The molecule has 0 saturated carbocycles. The molecule has 0 radical (unpaired) electrons. The van der Waals surface area contributed by atoms with Crippen molar-refractivity contribution >= 4 is 33.6 Å². The van der Waals surface area contributed by atoms with Crippen LogP contribution in [0.2, 0.25) is 0 Å². The van der Waals surface area contributed by atoms with Crippen molar-refractivity contribution in [1.29, 1.82) is 0 Å². The highest BCUT2D eigenvalue weighted by molar-refractivity contribution is 9.10. The van der Waals surface area contributed by atoms with E-state index in [1.165, 1.54) is 5.56 Å². The summed E-state index contributed by atoms with van der Waals surface area (Å²) in [6.07, 6.45) is 0. The Labute approximate surface area is 138 Å². The van der Waals surface area contributed by atoms with Crippen LogP contribution in [0.5, 0.6) is 0 Å². The van der Waals surface area contributed by atoms with Crippen LogP contribution in [-0.4, -0.2) is 11.7 Å². The second kappa shape index (κ2) is 8.25. The lowest BCUT2D eigenvalue weighted by molar-refractivity contribution is -0.119. The second-order valence-corrected chi connectivity index (χ2v) is 6.72. The van der Waals surface area contributed by atoms with E-state index in [2.05, 4.69) is 33.4 Å². The van der Waals surface area contributed by atoms with Crippen molar-refractivity contribution in [1.82, 2.24) is 5.32 Å². The lowest BCUT2D eigenvalue weighted by atomic mass is 10.1. The molecule has 0 bridgehead atoms. The van der Waals surface area contributed by atoms with Crippen LogP contribution >= 0.6 is 27.7 Å². The Morgan fingerprint density at radius 1 is 1.14 bits per heavy atom. The molecular weight excluding hydrogens is 346 g/mol. The fourth-order valence-corrected chi connectivity index (χ4v) is 3.02. The summed E-state index contributed by atoms with van der Waals surface area (Å²) in [5.74, 6) is 1.42. The quantitative estimate of drug-likeness (QED) is 0.814. The van der Waals surface area contributed by atoms with E-state index >= 15 is 0 Å². The lowest BCUT2D eigenvalue weighted by Crippen LogP contribution is -2.28. The number of halogens is 1. The van der Waals surface area contributed by atoms with Gasteiger partial charge in [0, 0.05) is 10.2 Å². The van der Waals surface area contributed by atoms with Gasteiger partial charge in [-0.15, -0.1) is 11.8 Å². The van der Waals surface area contributed by atoms with Crippen LogP contribution in [0.3, 0.4) is 0 Å². The first-order valence-corrected chi connectivity index (χ1v) is 8.76. The molecule has 1 N–H and O–H groups in total. The predicted octanol–water partition coefficient (Wildman–Crippen LogP) is 4.56. The topological polar surface area (TPSA) is 29.1 Å². The van der Waals surface area contributed by atoms with Gasteiger partial charge in [0.05, 0.1) is 11.8 Å². The molecule has 0 saturated heterocycles. The monoisotopic (exact) mass is 363 g/mol. The lowest BCUT2D eigenvalue weighted by Gasteiger charge is -2.14. The number of benzene rings is 2. The molecule has 1 amide bonds. The van der Waals surface area contributed by atoms with E-state index in [1.807, 2.05) is 49.4 Å². The smallest absolute Gasteiger partial charge is 0.230 e. The molecule has 0 aliphatic rings. The summed E-state index contributed by atoms with van der Waals surface area (Å²) >= 11 is 5.05. The third kappa shape index (κ3) is 5.56. The van der Waals surface area contributed by atoms with Crippen LogP contribution in [0.1, 0.15) is 24.1 Å². The average Bonchev–Trinajstić information content (AvgIpc) is 2.49. The van der Waals surface area contributed by atoms with Crippen LogP contribution in [0.25, 0.3) is 0 Å². The molecule has 0 aliphatic heterocycles. The number of hydrogen-bond donors (Lipinski definition) is 1. The van der Waals surface area contributed by atoms with Crippen molar-refractivity contribution in [3.63, 3.8) is 0 Å². The summed E-state index contributed by atoms with van der Waals surface area (Å²) in [4.78, 5) is 11.9. The Hall–Kier alpha value is -1.26. The largest absolute Gasteiger partial charge is 0.349 e. The summed E-state index contributed by atoms with van der Waals surface area (Å²) < 4.78 is 1.04. The molecule has 0 fully saturated rings. The van der Waals surface area contributed by atoms with Gasteiger partial charge in [0.1, 0.15) is 0 Å². The Bertz CT molecular complexity index is 571. The molecule has 0 spiro atoms. The van der Waals surface area contributed by atoms with Crippen LogP contribution in [-0.2, 0) is 10.5 Å². The highest BCUT2D eigenvalue weighted by Crippen LogP contribution is 2.17. The zero-order chi connectivity index (χ0) is 15.1. The first-order chi connectivity index (χ1) is 10.1. The summed E-state index contributed by atoms with van der Waals surface area (Å²) in [6, 6.07) is 18.2. The molecule has 0 aliphatic carbocycles.